The Bertz CT molecular complexity index is 1010. The molecule has 0 unspecified atom stereocenters. The van der Waals surface area contributed by atoms with E-state index in [0.29, 0.717) is 39.5 Å². The van der Waals surface area contributed by atoms with Crippen LogP contribution < -0.4 is 20.1 Å². The van der Waals surface area contributed by atoms with Gasteiger partial charge in [-0.1, -0.05) is 5.16 Å². The highest BCUT2D eigenvalue weighted by Crippen LogP contribution is 2.32. The van der Waals surface area contributed by atoms with Crippen LogP contribution in [0.1, 0.15) is 21.8 Å². The normalized spacial score (nSPS) is 12.0. The van der Waals surface area contributed by atoms with Crippen molar-refractivity contribution in [1.82, 2.24) is 10.1 Å². The molecule has 0 bridgehead atoms. The van der Waals surface area contributed by atoms with E-state index in [1.807, 2.05) is 0 Å². The van der Waals surface area contributed by atoms with Gasteiger partial charge in [0.05, 0.1) is 12.1 Å². The Morgan fingerprint density at radius 2 is 2.04 bits per heavy atom. The Morgan fingerprint density at radius 3 is 2.85 bits per heavy atom. The Balaban J connectivity index is 1.36. The minimum atomic E-state index is -0.322. The topological polar surface area (TPSA) is 116 Å². The summed E-state index contributed by atoms with van der Waals surface area (Å²) < 4.78 is 15.4. The van der Waals surface area contributed by atoms with E-state index in [0.717, 1.165) is 0 Å². The molecule has 2 amide bonds. The van der Waals surface area contributed by atoms with Crippen LogP contribution >= 0.6 is 11.3 Å². The quantitative estimate of drug-likeness (QED) is 0.692. The predicted molar refractivity (Wildman–Crippen MR) is 96.2 cm³/mol. The number of thiazole rings is 1. The monoisotopic (exact) mass is 386 g/mol. The zero-order valence-electron chi connectivity index (χ0n) is 14.1. The lowest BCUT2D eigenvalue weighted by Crippen LogP contribution is -2.15. The molecular weight excluding hydrogens is 372 g/mol. The largest absolute Gasteiger partial charge is 0.454 e. The molecule has 9 nitrogen and oxygen atoms in total. The van der Waals surface area contributed by atoms with Crippen LogP contribution in [0, 0.1) is 6.92 Å². The average Bonchev–Trinajstić information content (AvgIpc) is 3.36. The molecule has 0 spiro atoms. The smallest absolute Gasteiger partial charge is 0.257 e. The van der Waals surface area contributed by atoms with Crippen LogP contribution in [0.5, 0.6) is 11.5 Å². The standard InChI is InChI=1S/C17H14N4O5S/c1-9-4-14(21-26-9)19-15(22)6-11-7-27-17(18-11)20-16(23)10-2-3-12-13(5-10)25-8-24-12/h2-5,7H,6,8H2,1H3,(H,18,20,23)(H,19,21,22). The van der Waals surface area contributed by atoms with E-state index in [1.165, 1.54) is 11.3 Å². The number of aryl methyl sites for hydroxylation is 1. The SMILES string of the molecule is Cc1cc(NC(=O)Cc2csc(NC(=O)c3ccc4c(c3)OCO4)n2)no1. The van der Waals surface area contributed by atoms with Crippen molar-refractivity contribution in [1.29, 1.82) is 0 Å². The molecule has 0 saturated carbocycles. The van der Waals surface area contributed by atoms with Crippen LogP contribution in [0.15, 0.2) is 34.2 Å². The molecule has 0 fully saturated rings. The zero-order valence-corrected chi connectivity index (χ0v) is 15.0. The van der Waals surface area contributed by atoms with Crippen molar-refractivity contribution in [3.05, 3.63) is 46.7 Å². The molecule has 0 aliphatic carbocycles. The summed E-state index contributed by atoms with van der Waals surface area (Å²) in [6, 6.07) is 6.56. The first-order valence-corrected chi connectivity index (χ1v) is 8.83. The first-order valence-electron chi connectivity index (χ1n) is 7.95. The maximum Gasteiger partial charge on any atom is 0.257 e. The van der Waals surface area contributed by atoms with Gasteiger partial charge in [0.2, 0.25) is 12.7 Å². The van der Waals surface area contributed by atoms with E-state index in [4.69, 9.17) is 14.0 Å². The van der Waals surface area contributed by atoms with Crippen LogP contribution in [0.25, 0.3) is 0 Å². The van der Waals surface area contributed by atoms with Crippen molar-refractivity contribution in [3.63, 3.8) is 0 Å². The van der Waals surface area contributed by atoms with Gasteiger partial charge in [-0.05, 0) is 25.1 Å². The summed E-state index contributed by atoms with van der Waals surface area (Å²) >= 11 is 1.24. The number of anilines is 2. The summed E-state index contributed by atoms with van der Waals surface area (Å²) in [5, 5.41) is 11.1. The van der Waals surface area contributed by atoms with Gasteiger partial charge in [-0.2, -0.15) is 0 Å². The van der Waals surface area contributed by atoms with Crippen molar-refractivity contribution in [2.75, 3.05) is 17.4 Å². The number of benzene rings is 1. The van der Waals surface area contributed by atoms with E-state index in [1.54, 1.807) is 36.6 Å². The third-order valence-electron chi connectivity index (χ3n) is 3.64. The van der Waals surface area contributed by atoms with Gasteiger partial charge in [0.1, 0.15) is 5.76 Å². The van der Waals surface area contributed by atoms with Crippen molar-refractivity contribution < 1.29 is 23.6 Å². The molecule has 0 radical (unpaired) electrons. The van der Waals surface area contributed by atoms with Gasteiger partial charge in [0, 0.05) is 17.0 Å². The van der Waals surface area contributed by atoms with Gasteiger partial charge in [0.15, 0.2) is 22.4 Å². The summed E-state index contributed by atoms with van der Waals surface area (Å²) in [6.45, 7) is 1.88. The van der Waals surface area contributed by atoms with Gasteiger partial charge >= 0.3 is 0 Å². The van der Waals surface area contributed by atoms with E-state index >= 15 is 0 Å². The molecule has 0 saturated heterocycles. The second-order valence-electron chi connectivity index (χ2n) is 5.71. The number of hydrogen-bond acceptors (Lipinski definition) is 8. The predicted octanol–water partition coefficient (Wildman–Crippen LogP) is 2.60. The van der Waals surface area contributed by atoms with Crippen LogP contribution in [0.2, 0.25) is 0 Å². The Hall–Kier alpha value is -3.40. The van der Waals surface area contributed by atoms with Gasteiger partial charge < -0.3 is 19.3 Å². The molecule has 0 atom stereocenters. The fourth-order valence-electron chi connectivity index (χ4n) is 2.43. The average molecular weight is 386 g/mol. The van der Waals surface area contributed by atoms with E-state index < -0.39 is 0 Å². The number of hydrogen-bond donors (Lipinski definition) is 2. The lowest BCUT2D eigenvalue weighted by atomic mass is 10.2. The summed E-state index contributed by atoms with van der Waals surface area (Å²) in [4.78, 5) is 28.6. The summed E-state index contributed by atoms with van der Waals surface area (Å²) in [6.07, 6.45) is 0.0578. The lowest BCUT2D eigenvalue weighted by molar-refractivity contribution is -0.115. The minimum absolute atomic E-state index is 0.0578. The second-order valence-corrected chi connectivity index (χ2v) is 6.57. The Kier molecular flexibility index (Phi) is 4.47. The van der Waals surface area contributed by atoms with E-state index in [-0.39, 0.29) is 25.0 Å². The van der Waals surface area contributed by atoms with Crippen molar-refractivity contribution in [2.24, 2.45) is 0 Å². The highest BCUT2D eigenvalue weighted by Gasteiger charge is 2.17. The third kappa shape index (κ3) is 3.90. The number of amides is 2. The highest BCUT2D eigenvalue weighted by atomic mass is 32.1. The van der Waals surface area contributed by atoms with Gasteiger partial charge in [-0.15, -0.1) is 11.3 Å². The molecule has 138 valence electrons. The fourth-order valence-corrected chi connectivity index (χ4v) is 3.13. The molecular formula is C17H14N4O5S. The molecule has 1 aliphatic rings. The number of carbonyl (C=O) groups excluding carboxylic acids is 2. The molecule has 10 heteroatoms. The number of nitrogens with zero attached hydrogens (tertiary/aromatic N) is 2. The summed E-state index contributed by atoms with van der Waals surface area (Å²) in [5.74, 6) is 1.49. The molecule has 2 N–H and O–H groups in total. The van der Waals surface area contributed by atoms with Crippen LogP contribution in [0.3, 0.4) is 0 Å². The Morgan fingerprint density at radius 1 is 1.19 bits per heavy atom. The third-order valence-corrected chi connectivity index (χ3v) is 4.45. The molecule has 1 aromatic carbocycles. The molecule has 1 aliphatic heterocycles. The van der Waals surface area contributed by atoms with Crippen molar-refractivity contribution in [2.45, 2.75) is 13.3 Å². The number of fused-ring (bicyclic) bond motifs is 1. The maximum absolute atomic E-state index is 12.4. The molecule has 2 aromatic heterocycles. The first-order chi connectivity index (χ1) is 13.1. The highest BCUT2D eigenvalue weighted by molar-refractivity contribution is 7.14. The minimum Gasteiger partial charge on any atom is -0.454 e. The van der Waals surface area contributed by atoms with Gasteiger partial charge in [-0.25, -0.2) is 4.98 Å². The molecule has 3 heterocycles. The fraction of sp³-hybridized carbons (Fsp3) is 0.176. The number of carbonyl (C=O) groups is 2. The van der Waals surface area contributed by atoms with Crippen LogP contribution in [0.4, 0.5) is 10.9 Å². The molecule has 27 heavy (non-hydrogen) atoms. The van der Waals surface area contributed by atoms with E-state index in [2.05, 4.69) is 20.8 Å². The molecule has 3 aromatic rings. The van der Waals surface area contributed by atoms with Gasteiger partial charge in [0.25, 0.3) is 5.91 Å². The molecule has 4 rings (SSSR count). The number of ether oxygens (including phenoxy) is 2. The van der Waals surface area contributed by atoms with Crippen LogP contribution in [-0.2, 0) is 11.2 Å². The number of rotatable bonds is 5. The first kappa shape index (κ1) is 17.0. The Labute approximate surface area is 157 Å². The summed E-state index contributed by atoms with van der Waals surface area (Å²) in [5.41, 5.74) is 0.967. The van der Waals surface area contributed by atoms with Gasteiger partial charge in [-0.3, -0.25) is 14.9 Å². The zero-order chi connectivity index (χ0) is 18.8. The number of aromatic nitrogens is 2. The second kappa shape index (κ2) is 7.08. The maximum atomic E-state index is 12.4. The lowest BCUT2D eigenvalue weighted by Gasteiger charge is -2.03. The van der Waals surface area contributed by atoms with Crippen molar-refractivity contribution in [3.8, 4) is 11.5 Å². The summed E-state index contributed by atoms with van der Waals surface area (Å²) in [7, 11) is 0. The van der Waals surface area contributed by atoms with E-state index in [9.17, 15) is 9.59 Å². The van der Waals surface area contributed by atoms with Crippen LogP contribution in [-0.4, -0.2) is 28.7 Å². The van der Waals surface area contributed by atoms with Crippen molar-refractivity contribution >= 4 is 34.1 Å². The number of nitrogens with one attached hydrogen (secondary N) is 2.